The number of ether oxygens (including phenoxy) is 1. The van der Waals surface area contributed by atoms with Crippen LogP contribution >= 0.6 is 22.9 Å². The van der Waals surface area contributed by atoms with E-state index in [1.165, 1.54) is 15.9 Å². The number of halogens is 1. The third-order valence-electron chi connectivity index (χ3n) is 5.83. The molecule has 0 spiro atoms. The molecule has 0 atom stereocenters. The van der Waals surface area contributed by atoms with Crippen molar-refractivity contribution in [2.45, 2.75) is 0 Å². The van der Waals surface area contributed by atoms with E-state index in [4.69, 9.17) is 21.4 Å². The van der Waals surface area contributed by atoms with Crippen LogP contribution in [-0.4, -0.2) is 31.0 Å². The molecule has 0 bridgehead atoms. The molecule has 9 heteroatoms. The van der Waals surface area contributed by atoms with E-state index in [0.29, 0.717) is 26.9 Å². The van der Waals surface area contributed by atoms with Crippen molar-refractivity contribution in [2.75, 3.05) is 6.61 Å². The van der Waals surface area contributed by atoms with Crippen LogP contribution in [0.5, 0.6) is 5.75 Å². The zero-order valence-corrected chi connectivity index (χ0v) is 21.6. The number of fused-ring (bicyclic) bond motifs is 1. The topological polar surface area (TPSA) is 74.3 Å². The summed E-state index contributed by atoms with van der Waals surface area (Å²) in [5, 5.41) is 9.93. The molecule has 3 aromatic carbocycles. The summed E-state index contributed by atoms with van der Waals surface area (Å²) in [7, 11) is 0. The molecule has 0 aliphatic rings. The zero-order chi connectivity index (χ0) is 26.1. The van der Waals surface area contributed by atoms with E-state index in [0.717, 1.165) is 33.8 Å². The molecule has 0 aliphatic carbocycles. The van der Waals surface area contributed by atoms with Crippen molar-refractivity contribution in [3.8, 4) is 34.1 Å². The lowest BCUT2D eigenvalue weighted by Crippen LogP contribution is -2.23. The van der Waals surface area contributed by atoms with Gasteiger partial charge in [-0.15, -0.1) is 5.10 Å². The SMILES string of the molecule is C=CCOc1ccc(-c2nc3s/c(=C\c4cn(-c5ccccc5)nc4-c4ccc(Cl)cc4)c(=O)n3n2)cc1. The summed E-state index contributed by atoms with van der Waals surface area (Å²) in [4.78, 5) is 18.4. The molecule has 7 nitrogen and oxygen atoms in total. The Bertz CT molecular complexity index is 1860. The van der Waals surface area contributed by atoms with Crippen LogP contribution in [0.2, 0.25) is 5.02 Å². The van der Waals surface area contributed by atoms with Crippen LogP contribution < -0.4 is 14.8 Å². The van der Waals surface area contributed by atoms with Crippen LogP contribution in [0.4, 0.5) is 0 Å². The van der Waals surface area contributed by atoms with E-state index in [1.54, 1.807) is 10.8 Å². The number of hydrogen-bond donors (Lipinski definition) is 0. The van der Waals surface area contributed by atoms with Crippen LogP contribution in [0.1, 0.15) is 5.56 Å². The predicted molar refractivity (Wildman–Crippen MR) is 151 cm³/mol. The van der Waals surface area contributed by atoms with Crippen LogP contribution in [0.3, 0.4) is 0 Å². The van der Waals surface area contributed by atoms with Crippen LogP contribution in [0.25, 0.3) is 39.4 Å². The first kappa shape index (κ1) is 23.8. The van der Waals surface area contributed by atoms with Gasteiger partial charge < -0.3 is 4.74 Å². The van der Waals surface area contributed by atoms with Crippen molar-refractivity contribution in [3.63, 3.8) is 0 Å². The molecule has 0 fully saturated rings. The monoisotopic (exact) mass is 537 g/mol. The standard InChI is InChI=1S/C29H20ClN5O2S/c1-2-16-37-24-14-10-20(11-15-24)27-31-29-35(33-27)28(36)25(38-29)17-21-18-34(23-6-4-3-5-7-23)32-26(21)19-8-12-22(30)13-9-19/h2-15,17-18H,1,16H2/b25-17-. The molecular formula is C29H20ClN5O2S. The molecule has 0 unspecified atom stereocenters. The second-order valence-electron chi connectivity index (χ2n) is 8.39. The molecule has 6 aromatic rings. The minimum Gasteiger partial charge on any atom is -0.490 e. The summed E-state index contributed by atoms with van der Waals surface area (Å²) in [5.74, 6) is 1.21. The number of hydrogen-bond acceptors (Lipinski definition) is 6. The number of benzene rings is 3. The lowest BCUT2D eigenvalue weighted by Gasteiger charge is -2.02. The molecule has 0 radical (unpaired) electrons. The molecule has 0 saturated heterocycles. The fourth-order valence-electron chi connectivity index (χ4n) is 3.99. The molecule has 6 rings (SSSR count). The van der Waals surface area contributed by atoms with Gasteiger partial charge in [0, 0.05) is 27.9 Å². The highest BCUT2D eigenvalue weighted by Crippen LogP contribution is 2.26. The molecule has 0 N–H and O–H groups in total. The maximum Gasteiger partial charge on any atom is 0.291 e. The van der Waals surface area contributed by atoms with Gasteiger partial charge in [-0.3, -0.25) is 4.79 Å². The van der Waals surface area contributed by atoms with E-state index < -0.39 is 0 Å². The average molecular weight is 538 g/mol. The van der Waals surface area contributed by atoms with Crippen molar-refractivity contribution >= 4 is 34.0 Å². The van der Waals surface area contributed by atoms with Crippen LogP contribution in [0.15, 0.2) is 103 Å². The molecule has 0 aliphatic heterocycles. The molecule has 0 saturated carbocycles. The largest absolute Gasteiger partial charge is 0.490 e. The highest BCUT2D eigenvalue weighted by molar-refractivity contribution is 7.15. The maximum absolute atomic E-state index is 13.3. The van der Waals surface area contributed by atoms with Gasteiger partial charge >= 0.3 is 0 Å². The summed E-state index contributed by atoms with van der Waals surface area (Å²) in [6, 6.07) is 24.7. The highest BCUT2D eigenvalue weighted by atomic mass is 35.5. The molecular weight excluding hydrogens is 518 g/mol. The van der Waals surface area contributed by atoms with Gasteiger partial charge in [-0.2, -0.15) is 14.6 Å². The number of rotatable bonds is 7. The van der Waals surface area contributed by atoms with E-state index in [-0.39, 0.29) is 5.56 Å². The Kier molecular flexibility index (Phi) is 6.33. The summed E-state index contributed by atoms with van der Waals surface area (Å²) in [6.45, 7) is 4.08. The molecule has 3 heterocycles. The Hall–Kier alpha value is -4.53. The number of nitrogens with zero attached hydrogens (tertiary/aromatic N) is 5. The highest BCUT2D eigenvalue weighted by Gasteiger charge is 2.15. The quantitative estimate of drug-likeness (QED) is 0.254. The zero-order valence-electron chi connectivity index (χ0n) is 20.0. The van der Waals surface area contributed by atoms with Crippen molar-refractivity contribution in [1.29, 1.82) is 0 Å². The van der Waals surface area contributed by atoms with Crippen LogP contribution in [-0.2, 0) is 0 Å². The maximum atomic E-state index is 13.3. The molecule has 38 heavy (non-hydrogen) atoms. The predicted octanol–water partition coefficient (Wildman–Crippen LogP) is 5.44. The van der Waals surface area contributed by atoms with Crippen molar-refractivity contribution < 1.29 is 4.74 Å². The fourth-order valence-corrected chi connectivity index (χ4v) is 5.02. The minimum atomic E-state index is -0.232. The van der Waals surface area contributed by atoms with Gasteiger partial charge in [0.05, 0.1) is 10.2 Å². The van der Waals surface area contributed by atoms with Gasteiger partial charge in [-0.05, 0) is 54.6 Å². The average Bonchev–Trinajstić information content (AvgIpc) is 3.64. The lowest BCUT2D eigenvalue weighted by molar-refractivity contribution is 0.363. The summed E-state index contributed by atoms with van der Waals surface area (Å²) in [5.41, 5.74) is 3.91. The Morgan fingerprint density at radius 3 is 2.39 bits per heavy atom. The van der Waals surface area contributed by atoms with Gasteiger partial charge in [-0.25, -0.2) is 4.68 Å². The van der Waals surface area contributed by atoms with Gasteiger partial charge in [0.1, 0.15) is 18.1 Å². The van der Waals surface area contributed by atoms with E-state index in [1.807, 2.05) is 91.1 Å². The molecule has 186 valence electrons. The van der Waals surface area contributed by atoms with Gasteiger partial charge in [0.2, 0.25) is 4.96 Å². The normalized spacial score (nSPS) is 11.8. The summed E-state index contributed by atoms with van der Waals surface area (Å²) in [6.07, 6.45) is 5.44. The van der Waals surface area contributed by atoms with Crippen molar-refractivity contribution in [2.24, 2.45) is 0 Å². The van der Waals surface area contributed by atoms with Crippen molar-refractivity contribution in [1.82, 2.24) is 24.4 Å². The van der Waals surface area contributed by atoms with Gasteiger partial charge in [-0.1, -0.05) is 65.9 Å². The first-order valence-corrected chi connectivity index (χ1v) is 12.9. The van der Waals surface area contributed by atoms with Gasteiger partial charge in [0.15, 0.2) is 5.82 Å². The van der Waals surface area contributed by atoms with Gasteiger partial charge in [0.25, 0.3) is 5.56 Å². The third kappa shape index (κ3) is 4.63. The van der Waals surface area contributed by atoms with E-state index in [2.05, 4.69) is 16.7 Å². The lowest BCUT2D eigenvalue weighted by atomic mass is 10.1. The Balaban J connectivity index is 1.40. The second-order valence-corrected chi connectivity index (χ2v) is 9.84. The smallest absolute Gasteiger partial charge is 0.291 e. The fraction of sp³-hybridized carbons (Fsp3) is 0.0345. The Morgan fingerprint density at radius 1 is 0.947 bits per heavy atom. The van der Waals surface area contributed by atoms with Crippen LogP contribution in [0, 0.1) is 0 Å². The molecule has 3 aromatic heterocycles. The summed E-state index contributed by atoms with van der Waals surface area (Å²) < 4.78 is 9.19. The third-order valence-corrected chi connectivity index (χ3v) is 7.04. The second kappa shape index (κ2) is 10.1. The van der Waals surface area contributed by atoms with E-state index in [9.17, 15) is 4.79 Å². The number of aromatic nitrogens is 5. The first-order chi connectivity index (χ1) is 18.6. The number of para-hydroxylation sites is 1. The first-order valence-electron chi connectivity index (χ1n) is 11.8. The minimum absolute atomic E-state index is 0.232. The van der Waals surface area contributed by atoms with E-state index >= 15 is 0 Å². The van der Waals surface area contributed by atoms with Crippen molar-refractivity contribution in [3.05, 3.63) is 123 Å². The Labute approximate surface area is 226 Å². The number of thiazole rings is 1. The molecule has 0 amide bonds. The Morgan fingerprint density at radius 2 is 1.68 bits per heavy atom. The summed E-state index contributed by atoms with van der Waals surface area (Å²) >= 11 is 7.40.